The number of para-hydroxylation sites is 2. The molecule has 0 aliphatic rings. The molecule has 2 aromatic heterocycles. The number of nitrogens with zero attached hydrogens (tertiary/aromatic N) is 3. The second-order valence-electron chi connectivity index (χ2n) is 10.5. The van der Waals surface area contributed by atoms with E-state index in [9.17, 15) is 0 Å². The summed E-state index contributed by atoms with van der Waals surface area (Å²) in [6.07, 6.45) is 1.86. The van der Waals surface area contributed by atoms with Gasteiger partial charge in [0.2, 0.25) is 0 Å². The Hall–Kier alpha value is -5.67. The summed E-state index contributed by atoms with van der Waals surface area (Å²) in [4.78, 5) is 15.0. The topological polar surface area (TPSA) is 38.7 Å². The highest BCUT2D eigenvalue weighted by atomic mass is 14.8. The molecule has 0 saturated heterocycles. The number of hydrogen-bond acceptors (Lipinski definition) is 3. The lowest BCUT2D eigenvalue weighted by Crippen LogP contribution is -1.96. The highest BCUT2D eigenvalue weighted by molar-refractivity contribution is 6.12. The van der Waals surface area contributed by atoms with Crippen LogP contribution in [0, 0.1) is 0 Å². The molecule has 0 unspecified atom stereocenters. The van der Waals surface area contributed by atoms with Crippen LogP contribution in [0.2, 0.25) is 0 Å². The molecule has 196 valence electrons. The van der Waals surface area contributed by atoms with Gasteiger partial charge in [-0.1, -0.05) is 115 Å². The van der Waals surface area contributed by atoms with Crippen LogP contribution in [-0.4, -0.2) is 15.0 Å². The van der Waals surface area contributed by atoms with E-state index in [0.717, 1.165) is 55.4 Å². The van der Waals surface area contributed by atoms with E-state index in [1.54, 1.807) is 0 Å². The second-order valence-corrected chi connectivity index (χ2v) is 10.5. The molecule has 0 bridgehead atoms. The molecule has 8 rings (SSSR count). The molecule has 6 aromatic carbocycles. The molecule has 3 nitrogen and oxygen atoms in total. The maximum atomic E-state index is 5.18. The normalized spacial score (nSPS) is 11.3. The minimum Gasteiger partial charge on any atom is -0.256 e. The fraction of sp³-hybridized carbons (Fsp3) is 0. The number of benzene rings is 6. The van der Waals surface area contributed by atoms with Gasteiger partial charge in [0, 0.05) is 28.1 Å². The van der Waals surface area contributed by atoms with Gasteiger partial charge < -0.3 is 0 Å². The molecule has 0 aliphatic heterocycles. The van der Waals surface area contributed by atoms with Crippen LogP contribution in [0.25, 0.3) is 77.5 Å². The third-order valence-corrected chi connectivity index (χ3v) is 7.89. The van der Waals surface area contributed by atoms with Gasteiger partial charge in [-0.25, -0.2) is 9.97 Å². The molecule has 8 aromatic rings. The molecule has 0 fully saturated rings. The molecule has 0 saturated carbocycles. The number of hydrogen-bond donors (Lipinski definition) is 0. The first-order valence-corrected chi connectivity index (χ1v) is 14.1. The smallest absolute Gasteiger partial charge is 0.0973 e. The Morgan fingerprint density at radius 2 is 0.976 bits per heavy atom. The third kappa shape index (κ3) is 4.20. The predicted octanol–water partition coefficient (Wildman–Crippen LogP) is 10.00. The Morgan fingerprint density at radius 3 is 1.76 bits per heavy atom. The fourth-order valence-electron chi connectivity index (χ4n) is 5.84. The number of rotatable bonds is 4. The third-order valence-electron chi connectivity index (χ3n) is 7.89. The van der Waals surface area contributed by atoms with Gasteiger partial charge in [0.25, 0.3) is 0 Å². The van der Waals surface area contributed by atoms with E-state index in [2.05, 4.69) is 109 Å². The van der Waals surface area contributed by atoms with Crippen molar-refractivity contribution in [3.05, 3.63) is 152 Å². The summed E-state index contributed by atoms with van der Waals surface area (Å²) in [5.74, 6) is 0. The summed E-state index contributed by atoms with van der Waals surface area (Å²) in [5, 5.41) is 3.46. The van der Waals surface area contributed by atoms with Crippen LogP contribution < -0.4 is 0 Å². The van der Waals surface area contributed by atoms with Crippen molar-refractivity contribution in [3.63, 3.8) is 0 Å². The van der Waals surface area contributed by atoms with Gasteiger partial charge in [0.15, 0.2) is 0 Å². The first-order chi connectivity index (χ1) is 20.8. The average molecular weight is 536 g/mol. The maximum absolute atomic E-state index is 5.18. The maximum Gasteiger partial charge on any atom is 0.0973 e. The molecule has 42 heavy (non-hydrogen) atoms. The van der Waals surface area contributed by atoms with Crippen molar-refractivity contribution in [3.8, 4) is 44.8 Å². The lowest BCUT2D eigenvalue weighted by atomic mass is 9.93. The molecule has 0 radical (unpaired) electrons. The standard InChI is InChI=1S/C39H25N3/c1-2-10-26(11-3-1)27-19-21-28(22-20-27)38-39(42-36-18-7-6-17-35(36)41-38)30-13-8-12-29(24-30)34-25-31-14-9-23-40-37(31)33-16-5-4-15-32(33)34/h1-25H. The molecule has 0 N–H and O–H groups in total. The average Bonchev–Trinajstić information content (AvgIpc) is 3.08. The Labute approximate surface area is 243 Å². The molecule has 2 heterocycles. The minimum atomic E-state index is 0.870. The van der Waals surface area contributed by atoms with Gasteiger partial charge in [-0.05, 0) is 58.0 Å². The van der Waals surface area contributed by atoms with E-state index >= 15 is 0 Å². The second kappa shape index (κ2) is 10.1. The summed E-state index contributed by atoms with van der Waals surface area (Å²) in [6.45, 7) is 0. The highest BCUT2D eigenvalue weighted by Crippen LogP contribution is 2.37. The van der Waals surface area contributed by atoms with Crippen molar-refractivity contribution < 1.29 is 0 Å². The fourth-order valence-corrected chi connectivity index (χ4v) is 5.84. The zero-order chi connectivity index (χ0) is 27.9. The van der Waals surface area contributed by atoms with E-state index < -0.39 is 0 Å². The van der Waals surface area contributed by atoms with Crippen LogP contribution in [0.1, 0.15) is 0 Å². The van der Waals surface area contributed by atoms with Crippen LogP contribution in [0.15, 0.2) is 152 Å². The monoisotopic (exact) mass is 535 g/mol. The Bertz CT molecular complexity index is 2240. The van der Waals surface area contributed by atoms with E-state index in [1.807, 2.05) is 42.6 Å². The van der Waals surface area contributed by atoms with Gasteiger partial charge in [-0.3, -0.25) is 4.98 Å². The van der Waals surface area contributed by atoms with Crippen LogP contribution in [0.3, 0.4) is 0 Å². The Balaban J connectivity index is 1.31. The summed E-state index contributed by atoms with van der Waals surface area (Å²) in [5.41, 5.74) is 11.3. The summed E-state index contributed by atoms with van der Waals surface area (Å²) < 4.78 is 0. The summed E-state index contributed by atoms with van der Waals surface area (Å²) in [7, 11) is 0. The number of aromatic nitrogens is 3. The van der Waals surface area contributed by atoms with Gasteiger partial charge in [0.05, 0.1) is 27.9 Å². The predicted molar refractivity (Wildman–Crippen MR) is 174 cm³/mol. The zero-order valence-electron chi connectivity index (χ0n) is 22.8. The summed E-state index contributed by atoms with van der Waals surface area (Å²) >= 11 is 0. The molecular formula is C39H25N3. The van der Waals surface area contributed by atoms with E-state index in [1.165, 1.54) is 22.1 Å². The van der Waals surface area contributed by atoms with E-state index in [-0.39, 0.29) is 0 Å². The van der Waals surface area contributed by atoms with Crippen molar-refractivity contribution >= 4 is 32.7 Å². The van der Waals surface area contributed by atoms with Crippen molar-refractivity contribution in [1.29, 1.82) is 0 Å². The van der Waals surface area contributed by atoms with E-state index in [4.69, 9.17) is 15.0 Å². The van der Waals surface area contributed by atoms with Crippen molar-refractivity contribution in [2.24, 2.45) is 0 Å². The molecule has 0 amide bonds. The SMILES string of the molecule is c1ccc(-c2ccc(-c3nc4ccccc4nc3-c3cccc(-c4cc5cccnc5c5ccccc45)c3)cc2)cc1. The van der Waals surface area contributed by atoms with Crippen LogP contribution >= 0.6 is 0 Å². The molecule has 3 heteroatoms. The largest absolute Gasteiger partial charge is 0.256 e. The quantitative estimate of drug-likeness (QED) is 0.211. The molecule has 0 aliphatic carbocycles. The van der Waals surface area contributed by atoms with Crippen molar-refractivity contribution in [2.75, 3.05) is 0 Å². The Morgan fingerprint density at radius 1 is 0.381 bits per heavy atom. The van der Waals surface area contributed by atoms with E-state index in [0.29, 0.717) is 0 Å². The lowest BCUT2D eigenvalue weighted by Gasteiger charge is -2.14. The first kappa shape index (κ1) is 24.2. The number of pyridine rings is 1. The first-order valence-electron chi connectivity index (χ1n) is 14.1. The molecule has 0 spiro atoms. The lowest BCUT2D eigenvalue weighted by molar-refractivity contribution is 1.29. The molecule has 0 atom stereocenters. The van der Waals surface area contributed by atoms with Gasteiger partial charge in [0.1, 0.15) is 0 Å². The highest BCUT2D eigenvalue weighted by Gasteiger charge is 2.16. The molecular weight excluding hydrogens is 510 g/mol. The van der Waals surface area contributed by atoms with Gasteiger partial charge >= 0.3 is 0 Å². The zero-order valence-corrected chi connectivity index (χ0v) is 22.8. The van der Waals surface area contributed by atoms with Crippen LogP contribution in [-0.2, 0) is 0 Å². The van der Waals surface area contributed by atoms with Crippen LogP contribution in [0.4, 0.5) is 0 Å². The minimum absolute atomic E-state index is 0.870. The number of fused-ring (bicyclic) bond motifs is 4. The van der Waals surface area contributed by atoms with Gasteiger partial charge in [-0.15, -0.1) is 0 Å². The van der Waals surface area contributed by atoms with Gasteiger partial charge in [-0.2, -0.15) is 0 Å². The van der Waals surface area contributed by atoms with Crippen LogP contribution in [0.5, 0.6) is 0 Å². The Kier molecular flexibility index (Phi) is 5.79. The van der Waals surface area contributed by atoms with Crippen molar-refractivity contribution in [2.45, 2.75) is 0 Å². The summed E-state index contributed by atoms with van der Waals surface area (Å²) in [6, 6.07) is 50.7. The van der Waals surface area contributed by atoms with Crippen molar-refractivity contribution in [1.82, 2.24) is 15.0 Å².